The molecule has 3 heteroatoms. The van der Waals surface area contributed by atoms with Crippen LogP contribution in [0.15, 0.2) is 24.3 Å². The highest BCUT2D eigenvalue weighted by Gasteiger charge is 2.01. The largest absolute Gasteiger partial charge is 0.478 e. The lowest BCUT2D eigenvalue weighted by molar-refractivity contribution is 0.362. The molecule has 3 nitrogen and oxygen atoms in total. The summed E-state index contributed by atoms with van der Waals surface area (Å²) in [4.78, 5) is 0. The van der Waals surface area contributed by atoms with Crippen molar-refractivity contribution in [3.8, 4) is 11.8 Å². The van der Waals surface area contributed by atoms with Crippen LogP contribution in [0.5, 0.6) is 5.75 Å². The van der Waals surface area contributed by atoms with Crippen molar-refractivity contribution in [2.45, 2.75) is 19.9 Å². The number of para-hydroxylation sites is 1. The summed E-state index contributed by atoms with van der Waals surface area (Å²) in [5.74, 6) is 0.794. The minimum atomic E-state index is 0.102. The first-order chi connectivity index (χ1) is 7.38. The van der Waals surface area contributed by atoms with Crippen LogP contribution < -0.4 is 10.1 Å². The van der Waals surface area contributed by atoms with Crippen molar-refractivity contribution >= 4 is 0 Å². The van der Waals surface area contributed by atoms with Crippen LogP contribution in [0.1, 0.15) is 18.9 Å². The average molecular weight is 204 g/mol. The number of nitrogens with one attached hydrogen (secondary N) is 1. The molecular formula is C12H16N2O. The lowest BCUT2D eigenvalue weighted by Crippen LogP contribution is -2.14. The van der Waals surface area contributed by atoms with Crippen LogP contribution in [0, 0.1) is 11.3 Å². The summed E-state index contributed by atoms with van der Waals surface area (Å²) >= 11 is 0. The molecule has 0 fully saturated rings. The minimum absolute atomic E-state index is 0.102. The van der Waals surface area contributed by atoms with Gasteiger partial charge in [-0.2, -0.15) is 5.26 Å². The van der Waals surface area contributed by atoms with E-state index in [1.165, 1.54) is 0 Å². The fourth-order valence-electron chi connectivity index (χ4n) is 1.30. The van der Waals surface area contributed by atoms with Gasteiger partial charge >= 0.3 is 0 Å². The van der Waals surface area contributed by atoms with Gasteiger partial charge in [0.15, 0.2) is 6.61 Å². The molecular weight excluding hydrogens is 188 g/mol. The Hall–Kier alpha value is -1.53. The lowest BCUT2D eigenvalue weighted by atomic mass is 10.2. The number of nitrogens with zero attached hydrogens (tertiary/aromatic N) is 1. The van der Waals surface area contributed by atoms with Gasteiger partial charge < -0.3 is 10.1 Å². The number of rotatable bonds is 6. The fraction of sp³-hybridized carbons (Fsp3) is 0.417. The normalized spacial score (nSPS) is 9.60. The quantitative estimate of drug-likeness (QED) is 0.722. The predicted molar refractivity (Wildman–Crippen MR) is 59.5 cm³/mol. The SMILES string of the molecule is CCCNCc1ccccc1OCC#N. The topological polar surface area (TPSA) is 45.0 Å². The van der Waals surface area contributed by atoms with E-state index in [9.17, 15) is 0 Å². The Balaban J connectivity index is 2.56. The van der Waals surface area contributed by atoms with Gasteiger partial charge in [-0.25, -0.2) is 0 Å². The van der Waals surface area contributed by atoms with Crippen molar-refractivity contribution < 1.29 is 4.74 Å². The van der Waals surface area contributed by atoms with Gasteiger partial charge in [-0.05, 0) is 19.0 Å². The Morgan fingerprint density at radius 2 is 2.20 bits per heavy atom. The molecule has 0 atom stereocenters. The van der Waals surface area contributed by atoms with Crippen LogP contribution in [0.25, 0.3) is 0 Å². The van der Waals surface area contributed by atoms with Gasteiger partial charge in [0.2, 0.25) is 0 Å². The van der Waals surface area contributed by atoms with Crippen molar-refractivity contribution in [1.29, 1.82) is 5.26 Å². The summed E-state index contributed by atoms with van der Waals surface area (Å²) in [5.41, 5.74) is 1.10. The molecule has 0 amide bonds. The summed E-state index contributed by atoms with van der Waals surface area (Å²) in [7, 11) is 0. The van der Waals surface area contributed by atoms with E-state index < -0.39 is 0 Å². The Labute approximate surface area is 90.7 Å². The summed E-state index contributed by atoms with van der Waals surface area (Å²) in [6.07, 6.45) is 1.11. The number of hydrogen-bond donors (Lipinski definition) is 1. The zero-order chi connectivity index (χ0) is 10.9. The van der Waals surface area contributed by atoms with Crippen molar-refractivity contribution in [2.24, 2.45) is 0 Å². The van der Waals surface area contributed by atoms with E-state index in [1.807, 2.05) is 30.3 Å². The molecule has 1 aromatic carbocycles. The maximum Gasteiger partial charge on any atom is 0.174 e. The maximum absolute atomic E-state index is 8.44. The first kappa shape index (κ1) is 11.5. The van der Waals surface area contributed by atoms with E-state index in [0.29, 0.717) is 0 Å². The third kappa shape index (κ3) is 4.01. The van der Waals surface area contributed by atoms with Crippen LogP contribution in [-0.2, 0) is 6.54 Å². The molecule has 0 aromatic heterocycles. The van der Waals surface area contributed by atoms with Crippen molar-refractivity contribution in [1.82, 2.24) is 5.32 Å². The van der Waals surface area contributed by atoms with Crippen molar-refractivity contribution in [3.63, 3.8) is 0 Å². The second-order valence-corrected chi connectivity index (χ2v) is 3.23. The Morgan fingerprint density at radius 1 is 1.40 bits per heavy atom. The van der Waals surface area contributed by atoms with Gasteiger partial charge in [-0.3, -0.25) is 0 Å². The third-order valence-corrected chi connectivity index (χ3v) is 2.01. The molecule has 1 rings (SSSR count). The zero-order valence-corrected chi connectivity index (χ0v) is 8.99. The van der Waals surface area contributed by atoms with Gasteiger partial charge in [0.05, 0.1) is 0 Å². The van der Waals surface area contributed by atoms with Gasteiger partial charge in [0.25, 0.3) is 0 Å². The molecule has 1 N–H and O–H groups in total. The second-order valence-electron chi connectivity index (χ2n) is 3.23. The molecule has 80 valence electrons. The van der Waals surface area contributed by atoms with E-state index in [-0.39, 0.29) is 6.61 Å². The van der Waals surface area contributed by atoms with Crippen LogP contribution in [0.3, 0.4) is 0 Å². The van der Waals surface area contributed by atoms with Crippen molar-refractivity contribution in [3.05, 3.63) is 29.8 Å². The standard InChI is InChI=1S/C12H16N2O/c1-2-8-14-10-11-5-3-4-6-12(11)15-9-7-13/h3-6,14H,2,8-10H2,1H3. The molecule has 0 spiro atoms. The smallest absolute Gasteiger partial charge is 0.174 e. The molecule has 1 aromatic rings. The average Bonchev–Trinajstić information content (AvgIpc) is 2.28. The monoisotopic (exact) mass is 204 g/mol. The molecule has 0 bridgehead atoms. The molecule has 0 radical (unpaired) electrons. The summed E-state index contributed by atoms with van der Waals surface area (Å²) in [6, 6.07) is 9.75. The Morgan fingerprint density at radius 3 is 2.93 bits per heavy atom. The molecule has 0 aliphatic heterocycles. The molecule has 0 aliphatic rings. The van der Waals surface area contributed by atoms with Gasteiger partial charge in [0.1, 0.15) is 11.8 Å². The first-order valence-electron chi connectivity index (χ1n) is 5.17. The lowest BCUT2D eigenvalue weighted by Gasteiger charge is -2.09. The summed E-state index contributed by atoms with van der Waals surface area (Å²) < 4.78 is 5.32. The number of hydrogen-bond acceptors (Lipinski definition) is 3. The molecule has 15 heavy (non-hydrogen) atoms. The van der Waals surface area contributed by atoms with Crippen LogP contribution in [-0.4, -0.2) is 13.2 Å². The van der Waals surface area contributed by atoms with Gasteiger partial charge in [0, 0.05) is 12.1 Å². The summed E-state index contributed by atoms with van der Waals surface area (Å²) in [6.45, 7) is 4.01. The van der Waals surface area contributed by atoms with Crippen LogP contribution in [0.4, 0.5) is 0 Å². The Bertz CT molecular complexity index is 331. The second kappa shape index (κ2) is 6.86. The van der Waals surface area contributed by atoms with Gasteiger partial charge in [-0.1, -0.05) is 25.1 Å². The Kier molecular flexibility index (Phi) is 5.28. The van der Waals surface area contributed by atoms with Crippen LogP contribution >= 0.6 is 0 Å². The first-order valence-corrected chi connectivity index (χ1v) is 5.17. The van der Waals surface area contributed by atoms with E-state index in [1.54, 1.807) is 0 Å². The molecule has 0 aliphatic carbocycles. The number of ether oxygens (including phenoxy) is 1. The van der Waals surface area contributed by atoms with Crippen molar-refractivity contribution in [2.75, 3.05) is 13.2 Å². The molecule has 0 unspecified atom stereocenters. The molecule has 0 saturated heterocycles. The highest BCUT2D eigenvalue weighted by molar-refractivity contribution is 5.33. The highest BCUT2D eigenvalue weighted by atomic mass is 16.5. The highest BCUT2D eigenvalue weighted by Crippen LogP contribution is 2.17. The van der Waals surface area contributed by atoms with Gasteiger partial charge in [-0.15, -0.1) is 0 Å². The number of benzene rings is 1. The van der Waals surface area contributed by atoms with E-state index >= 15 is 0 Å². The maximum atomic E-state index is 8.44. The zero-order valence-electron chi connectivity index (χ0n) is 8.99. The van der Waals surface area contributed by atoms with E-state index in [2.05, 4.69) is 12.2 Å². The van der Waals surface area contributed by atoms with Crippen LogP contribution in [0.2, 0.25) is 0 Å². The minimum Gasteiger partial charge on any atom is -0.478 e. The van der Waals surface area contributed by atoms with E-state index in [0.717, 1.165) is 30.8 Å². The third-order valence-electron chi connectivity index (χ3n) is 2.01. The molecule has 0 heterocycles. The predicted octanol–water partition coefficient (Wildman–Crippen LogP) is 2.09. The summed E-state index contributed by atoms with van der Waals surface area (Å²) in [5, 5.41) is 11.7. The fourth-order valence-corrected chi connectivity index (χ4v) is 1.30. The van der Waals surface area contributed by atoms with E-state index in [4.69, 9.17) is 10.00 Å². The number of nitriles is 1. The molecule has 0 saturated carbocycles.